The number of guanidine groups is 1. The van der Waals surface area contributed by atoms with Gasteiger partial charge in [0.05, 0.1) is 5.33 Å². The number of hydrogen-bond acceptors (Lipinski definition) is 5. The van der Waals surface area contributed by atoms with Gasteiger partial charge in [-0.05, 0) is 19.1 Å². The van der Waals surface area contributed by atoms with Crippen LogP contribution in [0.15, 0.2) is 44.0 Å². The Balaban J connectivity index is 2.18. The Hall–Kier alpha value is -1.56. The predicted octanol–water partition coefficient (Wildman–Crippen LogP) is 1.69. The van der Waals surface area contributed by atoms with Gasteiger partial charge in [0.2, 0.25) is 5.96 Å². The third kappa shape index (κ3) is 1.37. The Bertz CT molecular complexity index is 535. The predicted molar refractivity (Wildman–Crippen MR) is 68.3 cm³/mol. The van der Waals surface area contributed by atoms with Crippen molar-refractivity contribution < 1.29 is 0 Å². The molecule has 0 N–H and O–H groups in total. The molecule has 6 heteroatoms. The topological polar surface area (TPSA) is 52.7 Å². The third-order valence-corrected chi connectivity index (χ3v) is 2.78. The summed E-state index contributed by atoms with van der Waals surface area (Å²) in [5.41, 5.74) is 0. The summed E-state index contributed by atoms with van der Waals surface area (Å²) in [6.45, 7) is 1.86. The van der Waals surface area contributed by atoms with Crippen molar-refractivity contribution in [1.29, 1.82) is 0 Å². The molecule has 0 aromatic heterocycles. The molecule has 3 rings (SSSR count). The van der Waals surface area contributed by atoms with Crippen LogP contribution in [0, 0.1) is 0 Å². The smallest absolute Gasteiger partial charge is 0.240 e. The summed E-state index contributed by atoms with van der Waals surface area (Å²) in [6.07, 6.45) is 5.78. The van der Waals surface area contributed by atoms with Crippen molar-refractivity contribution in [3.8, 4) is 0 Å². The van der Waals surface area contributed by atoms with Crippen molar-refractivity contribution in [2.24, 2.45) is 20.0 Å². The van der Waals surface area contributed by atoms with Crippen molar-refractivity contribution in [1.82, 2.24) is 4.90 Å². The molecule has 0 bridgehead atoms. The number of rotatable bonds is 1. The first-order chi connectivity index (χ1) is 7.78. The van der Waals surface area contributed by atoms with E-state index in [0.29, 0.717) is 17.1 Å². The summed E-state index contributed by atoms with van der Waals surface area (Å²) >= 11 is 3.35. The third-order valence-electron chi connectivity index (χ3n) is 2.28. The Kier molecular flexibility index (Phi) is 2.10. The van der Waals surface area contributed by atoms with Crippen LogP contribution in [0.5, 0.6) is 0 Å². The molecule has 0 aromatic rings. The van der Waals surface area contributed by atoms with Gasteiger partial charge in [0.15, 0.2) is 0 Å². The number of allylic oxidation sites excluding steroid dienone is 2. The van der Waals surface area contributed by atoms with Crippen molar-refractivity contribution in [2.75, 3.05) is 5.33 Å². The van der Waals surface area contributed by atoms with Crippen LogP contribution in [-0.2, 0) is 0 Å². The number of aliphatic imine (C=N–C) groups is 4. The molecule has 0 spiro atoms. The molecule has 3 aliphatic rings. The zero-order chi connectivity index (χ0) is 11.1. The fraction of sp³-hybridized carbons (Fsp3) is 0.200. The second-order valence-electron chi connectivity index (χ2n) is 3.42. The van der Waals surface area contributed by atoms with Crippen LogP contribution < -0.4 is 0 Å². The van der Waals surface area contributed by atoms with E-state index in [1.807, 2.05) is 30.1 Å². The number of hydrogen-bond donors (Lipinski definition) is 0. The van der Waals surface area contributed by atoms with Gasteiger partial charge in [0.25, 0.3) is 0 Å². The normalized spacial score (nSPS) is 21.6. The number of nitrogens with zero attached hydrogens (tertiary/aromatic N) is 5. The van der Waals surface area contributed by atoms with Gasteiger partial charge in [0, 0.05) is 0 Å². The van der Waals surface area contributed by atoms with Crippen LogP contribution in [0.25, 0.3) is 0 Å². The monoisotopic (exact) mass is 277 g/mol. The van der Waals surface area contributed by atoms with E-state index in [1.165, 1.54) is 0 Å². The highest BCUT2D eigenvalue weighted by molar-refractivity contribution is 9.09. The lowest BCUT2D eigenvalue weighted by Crippen LogP contribution is -2.41. The van der Waals surface area contributed by atoms with E-state index in [2.05, 4.69) is 35.9 Å². The zero-order valence-electron chi connectivity index (χ0n) is 8.55. The highest BCUT2D eigenvalue weighted by Gasteiger charge is 2.28. The number of amidine groups is 3. The molecule has 16 heavy (non-hydrogen) atoms. The highest BCUT2D eigenvalue weighted by Crippen LogP contribution is 2.22. The second kappa shape index (κ2) is 3.48. The maximum absolute atomic E-state index is 4.40. The summed E-state index contributed by atoms with van der Waals surface area (Å²) in [5.74, 6) is 3.72. The lowest BCUT2D eigenvalue weighted by atomic mass is 10.3. The van der Waals surface area contributed by atoms with Gasteiger partial charge >= 0.3 is 0 Å². The van der Waals surface area contributed by atoms with Gasteiger partial charge in [-0.3, -0.25) is 0 Å². The molecule has 3 heterocycles. The first-order valence-corrected chi connectivity index (χ1v) is 5.95. The number of halogens is 1. The Morgan fingerprint density at radius 2 is 2.12 bits per heavy atom. The van der Waals surface area contributed by atoms with Crippen LogP contribution in [0.4, 0.5) is 0 Å². The maximum atomic E-state index is 4.40. The molecular formula is C10H8BrN5. The van der Waals surface area contributed by atoms with E-state index in [1.54, 1.807) is 0 Å². The van der Waals surface area contributed by atoms with Gasteiger partial charge < -0.3 is 0 Å². The molecular weight excluding hydrogens is 270 g/mol. The van der Waals surface area contributed by atoms with Crippen LogP contribution in [0.1, 0.15) is 6.92 Å². The Morgan fingerprint density at radius 3 is 2.94 bits per heavy atom. The molecule has 80 valence electrons. The van der Waals surface area contributed by atoms with Crippen LogP contribution >= 0.6 is 15.9 Å². The summed E-state index contributed by atoms with van der Waals surface area (Å²) in [5, 5.41) is 0.617. The van der Waals surface area contributed by atoms with E-state index in [9.17, 15) is 0 Å². The second-order valence-corrected chi connectivity index (χ2v) is 3.98. The minimum absolute atomic E-state index is 0.617. The first-order valence-electron chi connectivity index (χ1n) is 4.82. The SMILES string of the molecule is CC1=NC2=NC(CBr)=NC3=CC=CC(=N1)N32. The number of alkyl halides is 1. The van der Waals surface area contributed by atoms with E-state index < -0.39 is 0 Å². The molecule has 3 aliphatic heterocycles. The summed E-state index contributed by atoms with van der Waals surface area (Å²) in [7, 11) is 0. The highest BCUT2D eigenvalue weighted by atomic mass is 79.9. The lowest BCUT2D eigenvalue weighted by molar-refractivity contribution is 0.710. The quantitative estimate of drug-likeness (QED) is 0.673. The molecule has 0 saturated carbocycles. The van der Waals surface area contributed by atoms with Crippen LogP contribution in [0.3, 0.4) is 0 Å². The zero-order valence-corrected chi connectivity index (χ0v) is 10.1. The largest absolute Gasteiger partial charge is 0.246 e. The van der Waals surface area contributed by atoms with Crippen LogP contribution in [-0.4, -0.2) is 33.7 Å². The Labute approximate surface area is 101 Å². The van der Waals surface area contributed by atoms with E-state index in [0.717, 1.165) is 17.5 Å². The lowest BCUT2D eigenvalue weighted by Gasteiger charge is -2.30. The van der Waals surface area contributed by atoms with Gasteiger partial charge in [-0.25, -0.2) is 14.9 Å². The first kappa shape index (κ1) is 9.65. The summed E-state index contributed by atoms with van der Waals surface area (Å²) in [4.78, 5) is 19.3. The maximum Gasteiger partial charge on any atom is 0.240 e. The minimum Gasteiger partial charge on any atom is -0.246 e. The van der Waals surface area contributed by atoms with Gasteiger partial charge in [-0.2, -0.15) is 9.98 Å². The van der Waals surface area contributed by atoms with Crippen LogP contribution in [0.2, 0.25) is 0 Å². The summed E-state index contributed by atoms with van der Waals surface area (Å²) < 4.78 is 0. The average Bonchev–Trinajstić information content (AvgIpc) is 2.28. The van der Waals surface area contributed by atoms with Crippen molar-refractivity contribution >= 4 is 39.4 Å². The van der Waals surface area contributed by atoms with E-state index >= 15 is 0 Å². The fourth-order valence-corrected chi connectivity index (χ4v) is 1.91. The molecule has 0 aliphatic carbocycles. The molecule has 0 amide bonds. The Morgan fingerprint density at radius 1 is 1.25 bits per heavy atom. The molecule has 0 unspecified atom stereocenters. The fourth-order valence-electron chi connectivity index (χ4n) is 1.66. The van der Waals surface area contributed by atoms with Gasteiger partial charge in [-0.15, -0.1) is 0 Å². The van der Waals surface area contributed by atoms with Crippen molar-refractivity contribution in [3.05, 3.63) is 24.0 Å². The molecule has 0 saturated heterocycles. The van der Waals surface area contributed by atoms with Crippen molar-refractivity contribution in [2.45, 2.75) is 6.92 Å². The molecule has 0 fully saturated rings. The molecule has 0 aromatic carbocycles. The minimum atomic E-state index is 0.617. The van der Waals surface area contributed by atoms with E-state index in [4.69, 9.17) is 0 Å². The molecule has 5 nitrogen and oxygen atoms in total. The van der Waals surface area contributed by atoms with E-state index in [-0.39, 0.29) is 0 Å². The molecule has 0 atom stereocenters. The van der Waals surface area contributed by atoms with Gasteiger partial charge in [-0.1, -0.05) is 22.0 Å². The van der Waals surface area contributed by atoms with Crippen molar-refractivity contribution in [3.63, 3.8) is 0 Å². The molecule has 0 radical (unpaired) electrons. The average molecular weight is 278 g/mol. The van der Waals surface area contributed by atoms with Gasteiger partial charge in [0.1, 0.15) is 23.3 Å². The standard InChI is InChI=1S/C10H8BrN5/c1-6-12-8-3-2-4-9-14-7(5-11)15-10(13-6)16(8)9/h2-4H,5H2,1H3. The summed E-state index contributed by atoms with van der Waals surface area (Å²) in [6, 6.07) is 0.